The number of carbonyl (C=O) groups is 1. The Morgan fingerprint density at radius 3 is 1.58 bits per heavy atom. The van der Waals surface area contributed by atoms with Gasteiger partial charge >= 0.3 is 0 Å². The zero-order chi connectivity index (χ0) is 11.1. The average molecular weight is 172 g/mol. The number of carbonyl (C=O) groups excluding carboxylic acids is 1. The zero-order valence-corrected chi connectivity index (χ0v) is 8.99. The summed E-state index contributed by atoms with van der Waals surface area (Å²) in [4.78, 5) is 11.2. The summed E-state index contributed by atoms with van der Waals surface area (Å²) >= 11 is 0. The van der Waals surface area contributed by atoms with Crippen LogP contribution < -0.4 is 5.73 Å². The second kappa shape index (κ2) is 2.84. The van der Waals surface area contributed by atoms with Gasteiger partial charge in [0, 0.05) is 11.0 Å². The smallest absolute Gasteiger partial charge is 0.126 e. The second-order valence-corrected chi connectivity index (χ2v) is 5.07. The first-order valence-electron chi connectivity index (χ1n) is 4.74. The lowest BCUT2D eigenvalue weighted by Gasteiger charge is -2.47. The van der Waals surface area contributed by atoms with Gasteiger partial charge in [0.05, 0.1) is 0 Å². The Bertz CT molecular complexity index is 213. The van der Waals surface area contributed by atoms with E-state index in [0.717, 1.165) is 0 Å². The standard InChI is InChI=1S/C10H21NO/c1-8(2,7-12)9(3,4)10(5,6)11/h7H,11H2,1-6H3/i7D. The van der Waals surface area contributed by atoms with Gasteiger partial charge in [-0.05, 0) is 19.3 Å². The van der Waals surface area contributed by atoms with Gasteiger partial charge in [0.25, 0.3) is 0 Å². The van der Waals surface area contributed by atoms with Crippen molar-refractivity contribution in [2.45, 2.75) is 47.1 Å². The highest BCUT2D eigenvalue weighted by molar-refractivity contribution is 5.60. The first-order valence-corrected chi connectivity index (χ1v) is 4.24. The predicted molar refractivity (Wildman–Crippen MR) is 51.9 cm³/mol. The minimum absolute atomic E-state index is 0.404. The van der Waals surface area contributed by atoms with Gasteiger partial charge in [-0.15, -0.1) is 0 Å². The largest absolute Gasteiger partial charge is 0.325 e. The summed E-state index contributed by atoms with van der Waals surface area (Å²) in [5.74, 6) is 0. The van der Waals surface area contributed by atoms with E-state index < -0.39 is 22.6 Å². The number of nitrogens with two attached hydrogens (primary N) is 1. The third-order valence-corrected chi connectivity index (χ3v) is 3.43. The van der Waals surface area contributed by atoms with E-state index in [0.29, 0.717) is 0 Å². The van der Waals surface area contributed by atoms with Crippen LogP contribution in [0.25, 0.3) is 0 Å². The molecule has 0 unspecified atom stereocenters. The molecular weight excluding hydrogens is 150 g/mol. The summed E-state index contributed by atoms with van der Waals surface area (Å²) in [7, 11) is 0. The molecule has 0 saturated heterocycles. The van der Waals surface area contributed by atoms with Crippen molar-refractivity contribution in [1.82, 2.24) is 0 Å². The van der Waals surface area contributed by atoms with Crippen LogP contribution in [0.4, 0.5) is 0 Å². The minimum Gasteiger partial charge on any atom is -0.325 e. The van der Waals surface area contributed by atoms with Crippen molar-refractivity contribution in [3.05, 3.63) is 0 Å². The lowest BCUT2D eigenvalue weighted by molar-refractivity contribution is -0.122. The summed E-state index contributed by atoms with van der Waals surface area (Å²) in [6.45, 7) is 11.2. The van der Waals surface area contributed by atoms with E-state index in [1.54, 1.807) is 13.8 Å². The summed E-state index contributed by atoms with van der Waals surface area (Å²) in [6, 6.07) is 0. The molecule has 2 heteroatoms. The molecule has 0 aliphatic carbocycles. The van der Waals surface area contributed by atoms with E-state index in [2.05, 4.69) is 0 Å². The van der Waals surface area contributed by atoms with Crippen LogP contribution in [0.1, 0.15) is 42.9 Å². The van der Waals surface area contributed by atoms with Crippen molar-refractivity contribution < 1.29 is 6.17 Å². The van der Waals surface area contributed by atoms with Gasteiger partial charge in [-0.25, -0.2) is 0 Å². The number of hydrogen-bond donors (Lipinski definition) is 1. The second-order valence-electron chi connectivity index (χ2n) is 5.07. The quantitative estimate of drug-likeness (QED) is 0.661. The Balaban J connectivity index is 5.16. The van der Waals surface area contributed by atoms with E-state index in [-0.39, 0.29) is 0 Å². The van der Waals surface area contributed by atoms with Crippen molar-refractivity contribution >= 4 is 6.26 Å². The van der Waals surface area contributed by atoms with Gasteiger partial charge in [0.1, 0.15) is 7.63 Å². The summed E-state index contributed by atoms with van der Waals surface area (Å²) in [5, 5.41) is 0. The molecule has 0 aromatic heterocycles. The van der Waals surface area contributed by atoms with Crippen LogP contribution in [0.2, 0.25) is 0 Å². The van der Waals surface area contributed by atoms with Crippen LogP contribution >= 0.6 is 0 Å². The Kier molecular flexibility index (Phi) is 2.30. The van der Waals surface area contributed by atoms with Crippen molar-refractivity contribution in [2.75, 3.05) is 0 Å². The van der Waals surface area contributed by atoms with Crippen LogP contribution in [0, 0.1) is 10.8 Å². The Labute approximate surface area is 76.9 Å². The van der Waals surface area contributed by atoms with E-state index in [9.17, 15) is 4.79 Å². The van der Waals surface area contributed by atoms with Gasteiger partial charge in [-0.1, -0.05) is 27.7 Å². The molecule has 0 atom stereocenters. The first-order chi connectivity index (χ1) is 5.44. The Morgan fingerprint density at radius 1 is 1.17 bits per heavy atom. The number of hydrogen-bond acceptors (Lipinski definition) is 2. The normalized spacial score (nSPS) is 15.8. The Morgan fingerprint density at radius 2 is 1.50 bits per heavy atom. The zero-order valence-electron chi connectivity index (χ0n) is 9.99. The summed E-state index contributed by atoms with van der Waals surface area (Å²) < 4.78 is 7.22. The number of aldehydes is 1. The molecule has 0 amide bonds. The fraction of sp³-hybridized carbons (Fsp3) is 0.900. The lowest BCUT2D eigenvalue weighted by atomic mass is 9.59. The topological polar surface area (TPSA) is 43.1 Å². The maximum absolute atomic E-state index is 11.2. The van der Waals surface area contributed by atoms with Crippen molar-refractivity contribution in [3.8, 4) is 0 Å². The highest BCUT2D eigenvalue weighted by atomic mass is 16.1. The molecule has 72 valence electrons. The molecule has 0 fully saturated rings. The van der Waals surface area contributed by atoms with Crippen molar-refractivity contribution in [2.24, 2.45) is 16.6 Å². The van der Waals surface area contributed by atoms with E-state index in [1.807, 2.05) is 27.7 Å². The van der Waals surface area contributed by atoms with Crippen LogP contribution in [0.5, 0.6) is 0 Å². The van der Waals surface area contributed by atoms with Crippen molar-refractivity contribution in [1.29, 1.82) is 0 Å². The van der Waals surface area contributed by atoms with Crippen molar-refractivity contribution in [3.63, 3.8) is 0 Å². The molecule has 0 saturated carbocycles. The molecule has 0 heterocycles. The molecular formula is C10H21NO. The molecule has 0 aromatic rings. The van der Waals surface area contributed by atoms with Crippen LogP contribution in [-0.2, 0) is 4.79 Å². The maximum atomic E-state index is 11.2. The molecule has 12 heavy (non-hydrogen) atoms. The summed E-state index contributed by atoms with van der Waals surface area (Å²) in [6.07, 6.45) is -0.559. The van der Waals surface area contributed by atoms with Crippen LogP contribution in [-0.4, -0.2) is 11.8 Å². The van der Waals surface area contributed by atoms with Gasteiger partial charge in [0.2, 0.25) is 0 Å². The third kappa shape index (κ3) is 1.69. The SMILES string of the molecule is [2H]C(=O)C(C)(C)C(C)(C)C(C)(C)N. The fourth-order valence-electron chi connectivity index (χ4n) is 0.933. The van der Waals surface area contributed by atoms with Crippen LogP contribution in [0.3, 0.4) is 0 Å². The van der Waals surface area contributed by atoms with Gasteiger partial charge in [-0.3, -0.25) is 0 Å². The molecule has 0 radical (unpaired) electrons. The average Bonchev–Trinajstić information content (AvgIpc) is 1.84. The molecule has 0 aromatic carbocycles. The van der Waals surface area contributed by atoms with Gasteiger partial charge in [-0.2, -0.15) is 0 Å². The minimum atomic E-state index is -0.717. The maximum Gasteiger partial charge on any atom is 0.126 e. The fourth-order valence-corrected chi connectivity index (χ4v) is 0.933. The number of rotatable bonds is 3. The van der Waals surface area contributed by atoms with Gasteiger partial charge in [0.15, 0.2) is 0 Å². The van der Waals surface area contributed by atoms with E-state index >= 15 is 0 Å². The third-order valence-electron chi connectivity index (χ3n) is 3.43. The van der Waals surface area contributed by atoms with Gasteiger partial charge < -0.3 is 10.5 Å². The monoisotopic (exact) mass is 172 g/mol. The lowest BCUT2D eigenvalue weighted by Crippen LogP contribution is -2.55. The molecule has 0 rings (SSSR count). The molecule has 0 bridgehead atoms. The van der Waals surface area contributed by atoms with Crippen LogP contribution in [0.15, 0.2) is 0 Å². The summed E-state index contributed by atoms with van der Waals surface area (Å²) in [5.41, 5.74) is 4.40. The van der Waals surface area contributed by atoms with E-state index in [4.69, 9.17) is 7.10 Å². The predicted octanol–water partition coefficient (Wildman–Crippen LogP) is 1.98. The highest BCUT2D eigenvalue weighted by Gasteiger charge is 2.45. The Hall–Kier alpha value is -0.370. The molecule has 0 spiro atoms. The highest BCUT2D eigenvalue weighted by Crippen LogP contribution is 2.43. The molecule has 0 aliphatic rings. The first kappa shape index (κ1) is 9.72. The molecule has 0 aliphatic heterocycles. The molecule has 2 N–H and O–H groups in total. The molecule has 2 nitrogen and oxygen atoms in total. The van der Waals surface area contributed by atoms with E-state index in [1.165, 1.54) is 0 Å².